The Morgan fingerprint density at radius 3 is 2.64 bits per heavy atom. The van der Waals surface area contributed by atoms with Crippen molar-refractivity contribution in [1.82, 2.24) is 20.4 Å². The summed E-state index contributed by atoms with van der Waals surface area (Å²) < 4.78 is 5.49. The summed E-state index contributed by atoms with van der Waals surface area (Å²) in [7, 11) is 1.67. The minimum absolute atomic E-state index is 0.00407. The molecule has 0 bridgehead atoms. The van der Waals surface area contributed by atoms with Gasteiger partial charge in [-0.3, -0.25) is 9.69 Å². The van der Waals surface area contributed by atoms with Crippen LogP contribution in [0.25, 0.3) is 11.4 Å². The topological polar surface area (TPSA) is 71.3 Å². The highest BCUT2D eigenvalue weighted by molar-refractivity contribution is 5.82. The van der Waals surface area contributed by atoms with Crippen molar-refractivity contribution in [3.8, 4) is 11.4 Å². The number of aryl methyl sites for hydroxylation is 1. The van der Waals surface area contributed by atoms with Crippen molar-refractivity contribution in [2.45, 2.75) is 38.9 Å². The fraction of sp³-hybridized carbons (Fsp3) is 0.318. The Morgan fingerprint density at radius 1 is 1.18 bits per heavy atom. The second-order valence-electron chi connectivity index (χ2n) is 7.07. The van der Waals surface area contributed by atoms with Gasteiger partial charge in [-0.05, 0) is 29.5 Å². The lowest BCUT2D eigenvalue weighted by Crippen LogP contribution is -2.49. The molecule has 6 nitrogen and oxygen atoms in total. The number of hydrogen-bond donors (Lipinski definition) is 1. The standard InChI is InChI=1S/C22H24N4O2/c1-3-15-8-10-16(11-9-15)21-24-20(28-25-21)14-26-13-18-7-5-4-6-17(18)12-19(26)22(27)23-2/h4-11,19H,3,12-14H2,1-2H3,(H,23,27). The molecular weight excluding hydrogens is 352 g/mol. The van der Waals surface area contributed by atoms with Gasteiger partial charge in [0, 0.05) is 19.2 Å². The van der Waals surface area contributed by atoms with Gasteiger partial charge < -0.3 is 9.84 Å². The maximum Gasteiger partial charge on any atom is 0.241 e. The number of aromatic nitrogens is 2. The first-order chi connectivity index (χ1) is 13.7. The number of nitrogens with one attached hydrogen (secondary N) is 1. The molecule has 144 valence electrons. The molecule has 1 N–H and O–H groups in total. The Balaban J connectivity index is 1.55. The Hall–Kier alpha value is -2.99. The van der Waals surface area contributed by atoms with E-state index in [0.717, 1.165) is 12.0 Å². The van der Waals surface area contributed by atoms with E-state index < -0.39 is 0 Å². The summed E-state index contributed by atoms with van der Waals surface area (Å²) in [4.78, 5) is 19.1. The molecule has 0 fully saturated rings. The third-order valence-electron chi connectivity index (χ3n) is 5.32. The quantitative estimate of drug-likeness (QED) is 0.741. The van der Waals surface area contributed by atoms with Crippen LogP contribution in [0.4, 0.5) is 0 Å². The molecule has 1 aliphatic heterocycles. The molecule has 0 saturated heterocycles. The van der Waals surface area contributed by atoms with Crippen LogP contribution in [0, 0.1) is 0 Å². The van der Waals surface area contributed by atoms with Crippen LogP contribution in [0.5, 0.6) is 0 Å². The first kappa shape index (κ1) is 18.4. The largest absolute Gasteiger partial charge is 0.358 e. The van der Waals surface area contributed by atoms with E-state index >= 15 is 0 Å². The van der Waals surface area contributed by atoms with Crippen molar-refractivity contribution < 1.29 is 9.32 Å². The second-order valence-corrected chi connectivity index (χ2v) is 7.07. The van der Waals surface area contributed by atoms with E-state index in [-0.39, 0.29) is 11.9 Å². The SMILES string of the molecule is CCc1ccc(-c2noc(CN3Cc4ccccc4CC3C(=O)NC)n2)cc1. The summed E-state index contributed by atoms with van der Waals surface area (Å²) in [6, 6.07) is 16.2. The molecule has 28 heavy (non-hydrogen) atoms. The van der Waals surface area contributed by atoms with E-state index in [4.69, 9.17) is 4.52 Å². The maximum atomic E-state index is 12.4. The van der Waals surface area contributed by atoms with Gasteiger partial charge in [0.2, 0.25) is 17.6 Å². The van der Waals surface area contributed by atoms with Gasteiger partial charge in [0.15, 0.2) is 0 Å². The molecule has 1 aliphatic rings. The van der Waals surface area contributed by atoms with Crippen molar-refractivity contribution in [3.05, 3.63) is 71.1 Å². The summed E-state index contributed by atoms with van der Waals surface area (Å²) in [5.41, 5.74) is 4.65. The van der Waals surface area contributed by atoms with E-state index in [0.29, 0.717) is 31.2 Å². The zero-order valence-corrected chi connectivity index (χ0v) is 16.2. The average molecular weight is 376 g/mol. The lowest BCUT2D eigenvalue weighted by Gasteiger charge is -2.34. The van der Waals surface area contributed by atoms with Gasteiger partial charge in [-0.25, -0.2) is 0 Å². The van der Waals surface area contributed by atoms with Gasteiger partial charge in [0.25, 0.3) is 0 Å². The summed E-state index contributed by atoms with van der Waals surface area (Å²) in [6.07, 6.45) is 1.67. The highest BCUT2D eigenvalue weighted by Crippen LogP contribution is 2.25. The zero-order chi connectivity index (χ0) is 19.5. The summed E-state index contributed by atoms with van der Waals surface area (Å²) in [5.74, 6) is 1.10. The lowest BCUT2D eigenvalue weighted by atomic mass is 9.93. The molecular formula is C22H24N4O2. The molecule has 1 atom stereocenters. The van der Waals surface area contributed by atoms with Crippen molar-refractivity contribution >= 4 is 5.91 Å². The van der Waals surface area contributed by atoms with Gasteiger partial charge in [-0.1, -0.05) is 60.6 Å². The molecule has 1 unspecified atom stereocenters. The summed E-state index contributed by atoms with van der Waals surface area (Å²) in [5, 5.41) is 6.90. The summed E-state index contributed by atoms with van der Waals surface area (Å²) in [6.45, 7) is 3.24. The van der Waals surface area contributed by atoms with Crippen LogP contribution in [-0.2, 0) is 30.7 Å². The Morgan fingerprint density at radius 2 is 1.93 bits per heavy atom. The van der Waals surface area contributed by atoms with Crippen molar-refractivity contribution in [3.63, 3.8) is 0 Å². The number of likely N-dealkylation sites (N-methyl/N-ethyl adjacent to an activating group) is 1. The van der Waals surface area contributed by atoms with Gasteiger partial charge in [-0.15, -0.1) is 0 Å². The van der Waals surface area contributed by atoms with Gasteiger partial charge in [-0.2, -0.15) is 4.98 Å². The van der Waals surface area contributed by atoms with E-state index in [1.807, 2.05) is 24.3 Å². The van der Waals surface area contributed by atoms with E-state index in [2.05, 4.69) is 51.5 Å². The van der Waals surface area contributed by atoms with Crippen LogP contribution in [0.3, 0.4) is 0 Å². The molecule has 1 amide bonds. The minimum Gasteiger partial charge on any atom is -0.358 e. The molecule has 3 aromatic rings. The zero-order valence-electron chi connectivity index (χ0n) is 16.2. The first-order valence-corrected chi connectivity index (χ1v) is 9.62. The average Bonchev–Trinajstić information content (AvgIpc) is 3.21. The molecule has 2 heterocycles. The molecule has 0 saturated carbocycles. The van der Waals surface area contributed by atoms with Crippen LogP contribution in [-0.4, -0.2) is 34.0 Å². The van der Waals surface area contributed by atoms with Crippen LogP contribution < -0.4 is 5.32 Å². The van der Waals surface area contributed by atoms with Crippen molar-refractivity contribution in [1.29, 1.82) is 0 Å². The molecule has 0 radical (unpaired) electrons. The molecule has 0 aliphatic carbocycles. The number of carbonyl (C=O) groups is 1. The van der Waals surface area contributed by atoms with Gasteiger partial charge in [0.05, 0.1) is 12.6 Å². The number of carbonyl (C=O) groups excluding carboxylic acids is 1. The fourth-order valence-electron chi connectivity index (χ4n) is 3.67. The predicted molar refractivity (Wildman–Crippen MR) is 106 cm³/mol. The first-order valence-electron chi connectivity index (χ1n) is 9.62. The third-order valence-corrected chi connectivity index (χ3v) is 5.32. The van der Waals surface area contributed by atoms with Gasteiger partial charge in [0.1, 0.15) is 0 Å². The van der Waals surface area contributed by atoms with Crippen molar-refractivity contribution in [2.24, 2.45) is 0 Å². The Bertz CT molecular complexity index is 965. The van der Waals surface area contributed by atoms with Crippen molar-refractivity contribution in [2.75, 3.05) is 7.05 Å². The number of amides is 1. The second kappa shape index (κ2) is 7.94. The van der Waals surface area contributed by atoms with E-state index in [9.17, 15) is 4.79 Å². The predicted octanol–water partition coefficient (Wildman–Crippen LogP) is 2.97. The summed E-state index contributed by atoms with van der Waals surface area (Å²) >= 11 is 0. The van der Waals surface area contributed by atoms with E-state index in [1.54, 1.807) is 7.05 Å². The number of fused-ring (bicyclic) bond motifs is 1. The highest BCUT2D eigenvalue weighted by Gasteiger charge is 2.32. The van der Waals surface area contributed by atoms with Gasteiger partial charge >= 0.3 is 0 Å². The number of hydrogen-bond acceptors (Lipinski definition) is 5. The smallest absolute Gasteiger partial charge is 0.241 e. The third kappa shape index (κ3) is 3.68. The molecule has 1 aromatic heterocycles. The molecule has 4 rings (SSSR count). The minimum atomic E-state index is -0.251. The van der Waals surface area contributed by atoms with Crippen LogP contribution >= 0.6 is 0 Å². The Labute approximate surface area is 164 Å². The fourth-order valence-corrected chi connectivity index (χ4v) is 3.67. The normalized spacial score (nSPS) is 16.6. The number of rotatable bonds is 5. The van der Waals surface area contributed by atoms with Crippen LogP contribution in [0.2, 0.25) is 0 Å². The maximum absolute atomic E-state index is 12.4. The highest BCUT2D eigenvalue weighted by atomic mass is 16.5. The van der Waals surface area contributed by atoms with Crippen LogP contribution in [0.1, 0.15) is 29.5 Å². The lowest BCUT2D eigenvalue weighted by molar-refractivity contribution is -0.126. The van der Waals surface area contributed by atoms with Crippen LogP contribution in [0.15, 0.2) is 53.1 Å². The monoisotopic (exact) mass is 376 g/mol. The number of benzene rings is 2. The molecule has 0 spiro atoms. The Kier molecular flexibility index (Phi) is 5.21. The molecule has 2 aromatic carbocycles. The van der Waals surface area contributed by atoms with E-state index in [1.165, 1.54) is 16.7 Å². The number of nitrogens with zero attached hydrogens (tertiary/aromatic N) is 3. The molecule has 6 heteroatoms.